The quantitative estimate of drug-likeness (QED) is 0.128. The van der Waals surface area contributed by atoms with Gasteiger partial charge in [-0.25, -0.2) is 23.7 Å². The molecule has 1 aliphatic heterocycles. The normalized spacial score (nSPS) is 19.0. The first kappa shape index (κ1) is 25.0. The summed E-state index contributed by atoms with van der Waals surface area (Å²) in [6.07, 6.45) is 1.21. The number of aromatic nitrogens is 4. The molecular weight excluding hydrogens is 496 g/mol. The molecule has 2 aromatic heterocycles. The Kier molecular flexibility index (Phi) is 6.58. The third kappa shape index (κ3) is 4.97. The third-order valence-electron chi connectivity index (χ3n) is 4.73. The van der Waals surface area contributed by atoms with E-state index in [9.17, 15) is 32.5 Å². The van der Waals surface area contributed by atoms with E-state index in [2.05, 4.69) is 25.5 Å². The van der Waals surface area contributed by atoms with E-state index in [4.69, 9.17) is 10.6 Å². The number of thiazole rings is 1. The fourth-order valence-electron chi connectivity index (χ4n) is 2.83. The highest BCUT2D eigenvalue weighted by molar-refractivity contribution is 7.84. The smallest absolute Gasteiger partial charge is 0.362 e. The number of carboxylic acid groups (broad SMARTS) is 1. The van der Waals surface area contributed by atoms with E-state index in [-0.39, 0.29) is 21.7 Å². The SMILES string of the molecule is Cc1ncnn1C[C@@H]1[C@H](NC(=O)/C(=N/OC(C)(C)C(=O)O)c2csc(N)n2)C(=O)N1S(=O)(=O)O. The van der Waals surface area contributed by atoms with Crippen molar-refractivity contribution in [2.45, 2.75) is 45.0 Å². The predicted molar refractivity (Wildman–Crippen MR) is 115 cm³/mol. The van der Waals surface area contributed by atoms with Crippen LogP contribution in [0.15, 0.2) is 16.9 Å². The lowest BCUT2D eigenvalue weighted by Crippen LogP contribution is -2.73. The number of aryl methyl sites for hydroxylation is 1. The Morgan fingerprint density at radius 2 is 2.09 bits per heavy atom. The van der Waals surface area contributed by atoms with Crippen molar-refractivity contribution < 1.29 is 37.3 Å². The fourth-order valence-corrected chi connectivity index (χ4v) is 4.25. The highest BCUT2D eigenvalue weighted by atomic mass is 32.2. The highest BCUT2D eigenvalue weighted by Gasteiger charge is 2.54. The van der Waals surface area contributed by atoms with Crippen molar-refractivity contribution in [2.24, 2.45) is 5.16 Å². The molecule has 34 heavy (non-hydrogen) atoms. The number of nitrogen functional groups attached to an aromatic ring is 1. The second-order valence-corrected chi connectivity index (χ2v) is 9.72. The van der Waals surface area contributed by atoms with Crippen LogP contribution in [0.5, 0.6) is 0 Å². The molecule has 1 aliphatic rings. The Labute approximate surface area is 196 Å². The van der Waals surface area contributed by atoms with Crippen LogP contribution in [0.2, 0.25) is 0 Å². The van der Waals surface area contributed by atoms with E-state index in [0.717, 1.165) is 11.3 Å². The summed E-state index contributed by atoms with van der Waals surface area (Å²) in [6, 6.07) is -2.66. The first-order valence-corrected chi connectivity index (χ1v) is 11.7. The minimum atomic E-state index is -4.93. The molecule has 0 radical (unpaired) electrons. The summed E-state index contributed by atoms with van der Waals surface area (Å²) in [5.74, 6) is -3.11. The van der Waals surface area contributed by atoms with Crippen molar-refractivity contribution in [1.82, 2.24) is 29.4 Å². The van der Waals surface area contributed by atoms with Gasteiger partial charge in [0.1, 0.15) is 23.9 Å². The van der Waals surface area contributed by atoms with Gasteiger partial charge in [-0.3, -0.25) is 14.1 Å². The van der Waals surface area contributed by atoms with Crippen molar-refractivity contribution in [1.29, 1.82) is 0 Å². The molecule has 0 saturated carbocycles. The summed E-state index contributed by atoms with van der Waals surface area (Å²) in [5.41, 5.74) is 3.22. The van der Waals surface area contributed by atoms with Gasteiger partial charge < -0.3 is 21.0 Å². The van der Waals surface area contributed by atoms with Crippen LogP contribution in [0, 0.1) is 6.92 Å². The van der Waals surface area contributed by atoms with Gasteiger partial charge in [-0.15, -0.1) is 11.3 Å². The maximum Gasteiger partial charge on any atom is 0.362 e. The number of anilines is 1. The minimum Gasteiger partial charge on any atom is -0.478 e. The molecule has 0 unspecified atom stereocenters. The van der Waals surface area contributed by atoms with E-state index in [1.165, 1.54) is 30.2 Å². The number of nitrogens with zero attached hydrogens (tertiary/aromatic N) is 6. The van der Waals surface area contributed by atoms with Crippen LogP contribution in [-0.2, 0) is 36.1 Å². The molecule has 2 atom stereocenters. The zero-order valence-electron chi connectivity index (χ0n) is 17.9. The molecule has 18 heteroatoms. The van der Waals surface area contributed by atoms with Gasteiger partial charge in [0.15, 0.2) is 10.8 Å². The number of hydrogen-bond donors (Lipinski definition) is 4. The predicted octanol–water partition coefficient (Wildman–Crippen LogP) is -1.59. The molecule has 3 rings (SSSR count). The van der Waals surface area contributed by atoms with Gasteiger partial charge in [-0.1, -0.05) is 5.16 Å². The molecular formula is C16H20N8O8S2. The first-order valence-electron chi connectivity index (χ1n) is 9.39. The standard InChI is InChI=1S/C16H20N8O8S2/c1-7-18-6-19-23(7)4-9-11(13(26)24(9)34(29,30)31)21-12(25)10(8-5-33-15(17)20-8)22-32-16(2,3)14(27)28/h5-6,9,11H,4H2,1-3H3,(H2,17,20)(H,21,25)(H,27,28)(H,29,30,31)/b22-10+/t9-,11+/m1/s1. The van der Waals surface area contributed by atoms with E-state index >= 15 is 0 Å². The number of aliphatic carboxylic acids is 1. The number of nitrogens with two attached hydrogens (primary N) is 1. The van der Waals surface area contributed by atoms with Crippen LogP contribution in [-0.4, -0.2) is 83.3 Å². The van der Waals surface area contributed by atoms with E-state index in [1.807, 2.05) is 0 Å². The van der Waals surface area contributed by atoms with Gasteiger partial charge in [0, 0.05) is 5.38 Å². The average molecular weight is 517 g/mol. The van der Waals surface area contributed by atoms with Crippen molar-refractivity contribution in [3.05, 3.63) is 23.2 Å². The number of carbonyl (C=O) groups excluding carboxylic acids is 2. The largest absolute Gasteiger partial charge is 0.478 e. The zero-order chi connectivity index (χ0) is 25.4. The Morgan fingerprint density at radius 1 is 1.41 bits per heavy atom. The van der Waals surface area contributed by atoms with Gasteiger partial charge in [-0.2, -0.15) is 13.5 Å². The van der Waals surface area contributed by atoms with Crippen molar-refractivity contribution in [3.8, 4) is 0 Å². The number of amides is 2. The number of carboxylic acids is 1. The minimum absolute atomic E-state index is 0.0664. The fraction of sp³-hybridized carbons (Fsp3) is 0.438. The second kappa shape index (κ2) is 8.95. The maximum absolute atomic E-state index is 13.0. The number of hydrogen-bond acceptors (Lipinski definition) is 12. The van der Waals surface area contributed by atoms with Gasteiger partial charge in [0.2, 0.25) is 5.60 Å². The van der Waals surface area contributed by atoms with Crippen LogP contribution >= 0.6 is 11.3 Å². The highest BCUT2D eigenvalue weighted by Crippen LogP contribution is 2.25. The van der Waals surface area contributed by atoms with Crippen LogP contribution in [0.25, 0.3) is 0 Å². The Hall–Kier alpha value is -3.64. The number of rotatable bonds is 9. The molecule has 0 aromatic carbocycles. The molecule has 2 amide bonds. The summed E-state index contributed by atoms with van der Waals surface area (Å²) in [6.45, 7) is 3.75. The summed E-state index contributed by atoms with van der Waals surface area (Å²) in [7, 11) is -4.93. The molecule has 0 aliphatic carbocycles. The summed E-state index contributed by atoms with van der Waals surface area (Å²) in [4.78, 5) is 49.6. The molecule has 184 valence electrons. The number of oxime groups is 1. The van der Waals surface area contributed by atoms with Gasteiger partial charge in [0.25, 0.3) is 11.8 Å². The number of β-lactam (4-membered cyclic amide) rings is 1. The van der Waals surface area contributed by atoms with Crippen molar-refractivity contribution >= 4 is 50.3 Å². The van der Waals surface area contributed by atoms with Gasteiger partial charge in [-0.05, 0) is 20.8 Å². The second-order valence-electron chi connectivity index (χ2n) is 7.54. The summed E-state index contributed by atoms with van der Waals surface area (Å²) < 4.78 is 34.3. The third-order valence-corrected chi connectivity index (χ3v) is 6.36. The van der Waals surface area contributed by atoms with Crippen LogP contribution in [0.1, 0.15) is 25.4 Å². The maximum atomic E-state index is 13.0. The Balaban J connectivity index is 1.90. The Morgan fingerprint density at radius 3 is 2.59 bits per heavy atom. The lowest BCUT2D eigenvalue weighted by molar-refractivity contribution is -0.161. The molecule has 2 aromatic rings. The zero-order valence-corrected chi connectivity index (χ0v) is 19.6. The van der Waals surface area contributed by atoms with Gasteiger partial charge >= 0.3 is 16.3 Å². The molecule has 0 spiro atoms. The topological polar surface area (TPSA) is 232 Å². The van der Waals surface area contributed by atoms with E-state index in [0.29, 0.717) is 5.82 Å². The number of carbonyl (C=O) groups is 3. The van der Waals surface area contributed by atoms with Crippen molar-refractivity contribution in [3.63, 3.8) is 0 Å². The molecule has 5 N–H and O–H groups in total. The van der Waals surface area contributed by atoms with Crippen molar-refractivity contribution in [2.75, 3.05) is 5.73 Å². The van der Waals surface area contributed by atoms with Crippen LogP contribution in [0.4, 0.5) is 5.13 Å². The van der Waals surface area contributed by atoms with Crippen LogP contribution in [0.3, 0.4) is 0 Å². The monoisotopic (exact) mass is 516 g/mol. The number of nitrogens with one attached hydrogen (secondary N) is 1. The van der Waals surface area contributed by atoms with Gasteiger partial charge in [0.05, 0.1) is 12.6 Å². The molecule has 1 fully saturated rings. The summed E-state index contributed by atoms with van der Waals surface area (Å²) in [5, 5.41) is 20.5. The Bertz CT molecular complexity index is 1270. The van der Waals surface area contributed by atoms with Crippen LogP contribution < -0.4 is 11.1 Å². The van der Waals surface area contributed by atoms with E-state index in [1.54, 1.807) is 6.92 Å². The average Bonchev–Trinajstić information content (AvgIpc) is 3.32. The van der Waals surface area contributed by atoms with E-state index < -0.39 is 51.5 Å². The molecule has 0 bridgehead atoms. The first-order chi connectivity index (χ1) is 15.7. The molecule has 1 saturated heterocycles. The lowest BCUT2D eigenvalue weighted by Gasteiger charge is -2.44. The molecule has 16 nitrogen and oxygen atoms in total. The molecule has 3 heterocycles. The summed E-state index contributed by atoms with van der Waals surface area (Å²) >= 11 is 0.966. The lowest BCUT2D eigenvalue weighted by atomic mass is 9.98.